The smallest absolute Gasteiger partial charge is 0.254 e. The van der Waals surface area contributed by atoms with Crippen molar-refractivity contribution in [2.45, 2.75) is 31.6 Å². The first-order valence-corrected chi connectivity index (χ1v) is 11.5. The third kappa shape index (κ3) is 6.98. The Morgan fingerprint density at radius 3 is 2.11 bits per heavy atom. The molecule has 1 unspecified atom stereocenters. The summed E-state index contributed by atoms with van der Waals surface area (Å²) in [7, 11) is 2.70. The molecule has 8 heteroatoms. The summed E-state index contributed by atoms with van der Waals surface area (Å²) in [5, 5.41) is 11.5. The summed E-state index contributed by atoms with van der Waals surface area (Å²) in [4.78, 5) is 40.0. The van der Waals surface area contributed by atoms with Crippen molar-refractivity contribution in [1.82, 2.24) is 15.1 Å². The van der Waals surface area contributed by atoms with Crippen LogP contribution in [-0.2, 0) is 16.1 Å². The Labute approximate surface area is 204 Å². The Morgan fingerprint density at radius 1 is 1.06 bits per heavy atom. The van der Waals surface area contributed by atoms with Crippen molar-refractivity contribution in [2.75, 3.05) is 33.8 Å². The average Bonchev–Trinajstić information content (AvgIpc) is 2.89. The minimum absolute atomic E-state index is 0.291. The predicted molar refractivity (Wildman–Crippen MR) is 130 cm³/mol. The number of alkyl halides is 1. The van der Waals surface area contributed by atoms with E-state index < -0.39 is 36.4 Å². The summed E-state index contributed by atoms with van der Waals surface area (Å²) >= 11 is 0. The van der Waals surface area contributed by atoms with E-state index in [4.69, 9.17) is 5.11 Å². The molecule has 7 nitrogen and oxygen atoms in total. The van der Waals surface area contributed by atoms with Crippen molar-refractivity contribution < 1.29 is 23.9 Å². The summed E-state index contributed by atoms with van der Waals surface area (Å²) in [6, 6.07) is 13.1. The van der Waals surface area contributed by atoms with Gasteiger partial charge in [0, 0.05) is 50.4 Å². The highest BCUT2D eigenvalue weighted by molar-refractivity contribution is 6.10. The molecule has 0 spiro atoms. The number of ketones is 1. The number of benzene rings is 2. The lowest BCUT2D eigenvalue weighted by Crippen LogP contribution is -2.52. The molecule has 1 fully saturated rings. The third-order valence-electron chi connectivity index (χ3n) is 6.02. The first-order valence-electron chi connectivity index (χ1n) is 11.5. The van der Waals surface area contributed by atoms with Crippen LogP contribution in [0.5, 0.6) is 0 Å². The number of hydrogen-bond acceptors (Lipinski definition) is 5. The fourth-order valence-electron chi connectivity index (χ4n) is 3.93. The van der Waals surface area contributed by atoms with Gasteiger partial charge in [-0.15, -0.1) is 0 Å². The molecule has 1 aliphatic rings. The molecule has 0 aromatic heterocycles. The molecule has 1 heterocycles. The molecule has 1 saturated heterocycles. The predicted octanol–water partition coefficient (Wildman–Crippen LogP) is 1.77. The molecule has 1 aliphatic heterocycles. The second-order valence-corrected chi connectivity index (χ2v) is 8.53. The van der Waals surface area contributed by atoms with Gasteiger partial charge in [0.15, 0.2) is 11.8 Å². The number of aliphatic hydroxyl groups is 1. The second kappa shape index (κ2) is 12.2. The average molecular weight is 480 g/mol. The highest BCUT2D eigenvalue weighted by Crippen LogP contribution is 2.16. The molecule has 2 aromatic carbocycles. The molecule has 0 aliphatic carbocycles. The van der Waals surface area contributed by atoms with Gasteiger partial charge < -0.3 is 15.3 Å². The van der Waals surface area contributed by atoms with Crippen LogP contribution in [0.2, 0.25) is 0 Å². The topological polar surface area (TPSA) is 90.0 Å². The molecule has 0 saturated carbocycles. The number of carbonyl (C=O) groups is 3. The second-order valence-electron chi connectivity index (χ2n) is 8.53. The van der Waals surface area contributed by atoms with Crippen molar-refractivity contribution in [3.63, 3.8) is 0 Å². The van der Waals surface area contributed by atoms with Crippen LogP contribution in [-0.4, -0.2) is 78.5 Å². The molecule has 0 bridgehead atoms. The largest absolute Gasteiger partial charge is 0.388 e. The van der Waals surface area contributed by atoms with Gasteiger partial charge in [-0.1, -0.05) is 24.0 Å². The van der Waals surface area contributed by atoms with Gasteiger partial charge in [0.05, 0.1) is 0 Å². The SMILES string of the molecule is CNC(=O)C(C(=O)CO)N(C)C(=O)c1ccc(C#Cc2ccc(CN3CCC(F)CC3)cc2)cc1. The summed E-state index contributed by atoms with van der Waals surface area (Å²) in [6.45, 7) is 1.51. The third-order valence-corrected chi connectivity index (χ3v) is 6.02. The standard InChI is InChI=1S/C27H30FN3O4/c1-29-26(34)25(24(33)18-32)30(2)27(35)22-11-9-20(10-12-22)4-3-19-5-7-21(8-6-19)17-31-15-13-23(28)14-16-31/h5-12,23,25,32H,13-18H2,1-2H3,(H,29,34). The van der Waals surface area contributed by atoms with E-state index >= 15 is 0 Å². The summed E-state index contributed by atoms with van der Waals surface area (Å²) in [5.41, 5.74) is 3.01. The van der Waals surface area contributed by atoms with Crippen LogP contribution in [0.1, 0.15) is 39.9 Å². The summed E-state index contributed by atoms with van der Waals surface area (Å²) < 4.78 is 13.3. The van der Waals surface area contributed by atoms with E-state index in [-0.39, 0.29) is 0 Å². The maximum Gasteiger partial charge on any atom is 0.254 e. The van der Waals surface area contributed by atoms with Crippen LogP contribution in [0.25, 0.3) is 0 Å². The zero-order chi connectivity index (χ0) is 25.4. The van der Waals surface area contributed by atoms with E-state index in [1.807, 2.05) is 24.3 Å². The zero-order valence-electron chi connectivity index (χ0n) is 20.0. The Bertz CT molecular complexity index is 1080. The number of halogens is 1. The number of nitrogens with one attached hydrogen (secondary N) is 1. The van der Waals surface area contributed by atoms with Gasteiger partial charge in [0.1, 0.15) is 12.8 Å². The summed E-state index contributed by atoms with van der Waals surface area (Å²) in [5.74, 6) is 4.20. The van der Waals surface area contributed by atoms with E-state index in [9.17, 15) is 18.8 Å². The van der Waals surface area contributed by atoms with Gasteiger partial charge in [0.2, 0.25) is 5.91 Å². The zero-order valence-corrected chi connectivity index (χ0v) is 20.0. The van der Waals surface area contributed by atoms with Crippen LogP contribution >= 0.6 is 0 Å². The fraction of sp³-hybridized carbons (Fsp3) is 0.370. The number of hydrogen-bond donors (Lipinski definition) is 2. The van der Waals surface area contributed by atoms with E-state index in [0.29, 0.717) is 24.0 Å². The minimum Gasteiger partial charge on any atom is -0.388 e. The Hall–Kier alpha value is -3.54. The lowest BCUT2D eigenvalue weighted by Gasteiger charge is -2.28. The first-order chi connectivity index (χ1) is 16.8. The van der Waals surface area contributed by atoms with Crippen molar-refractivity contribution in [1.29, 1.82) is 0 Å². The molecular formula is C27H30FN3O4. The van der Waals surface area contributed by atoms with Gasteiger partial charge in [-0.25, -0.2) is 4.39 Å². The maximum atomic E-state index is 13.3. The number of aliphatic hydroxyl groups excluding tert-OH is 1. The molecule has 184 valence electrons. The molecule has 2 N–H and O–H groups in total. The van der Waals surface area contributed by atoms with Crippen LogP contribution in [0, 0.1) is 11.8 Å². The van der Waals surface area contributed by atoms with Gasteiger partial charge in [0.25, 0.3) is 5.91 Å². The van der Waals surface area contributed by atoms with Gasteiger partial charge in [-0.3, -0.25) is 19.3 Å². The van der Waals surface area contributed by atoms with Crippen LogP contribution in [0.4, 0.5) is 4.39 Å². The fourth-order valence-corrected chi connectivity index (χ4v) is 3.93. The van der Waals surface area contributed by atoms with E-state index in [1.165, 1.54) is 14.1 Å². The van der Waals surface area contributed by atoms with Crippen molar-refractivity contribution >= 4 is 17.6 Å². The number of rotatable bonds is 7. The van der Waals surface area contributed by atoms with Gasteiger partial charge in [-0.2, -0.15) is 0 Å². The van der Waals surface area contributed by atoms with Gasteiger partial charge in [-0.05, 0) is 54.8 Å². The van der Waals surface area contributed by atoms with E-state index in [0.717, 1.165) is 35.7 Å². The number of carbonyl (C=O) groups excluding carboxylic acids is 3. The molecule has 35 heavy (non-hydrogen) atoms. The lowest BCUT2D eigenvalue weighted by atomic mass is 10.1. The molecule has 1 atom stereocenters. The number of Topliss-reactive ketones (excluding diaryl/α,β-unsaturated/α-hetero) is 1. The number of piperidine rings is 1. The Morgan fingerprint density at radius 2 is 1.60 bits per heavy atom. The van der Waals surface area contributed by atoms with Crippen molar-refractivity contribution in [2.24, 2.45) is 0 Å². The Balaban J connectivity index is 1.62. The van der Waals surface area contributed by atoms with Gasteiger partial charge >= 0.3 is 0 Å². The number of amides is 2. The van der Waals surface area contributed by atoms with Crippen molar-refractivity contribution in [3.05, 3.63) is 70.8 Å². The number of nitrogens with zero attached hydrogens (tertiary/aromatic N) is 2. The van der Waals surface area contributed by atoms with Crippen LogP contribution < -0.4 is 5.32 Å². The highest BCUT2D eigenvalue weighted by Gasteiger charge is 2.32. The highest BCUT2D eigenvalue weighted by atomic mass is 19.1. The maximum absolute atomic E-state index is 13.3. The normalized spacial score (nSPS) is 15.0. The first kappa shape index (κ1) is 26.1. The van der Waals surface area contributed by atoms with Crippen molar-refractivity contribution in [3.8, 4) is 11.8 Å². The number of likely N-dealkylation sites (N-methyl/N-ethyl adjacent to an activating group) is 2. The van der Waals surface area contributed by atoms with Crippen LogP contribution in [0.15, 0.2) is 48.5 Å². The molecular weight excluding hydrogens is 449 g/mol. The molecule has 2 aromatic rings. The minimum atomic E-state index is -1.41. The summed E-state index contributed by atoms with van der Waals surface area (Å²) in [6.07, 6.45) is 0.520. The van der Waals surface area contributed by atoms with E-state index in [2.05, 4.69) is 22.1 Å². The lowest BCUT2D eigenvalue weighted by molar-refractivity contribution is -0.135. The van der Waals surface area contributed by atoms with E-state index in [1.54, 1.807) is 24.3 Å². The quantitative estimate of drug-likeness (QED) is 0.467. The molecule has 3 rings (SSSR count). The Kier molecular flexibility index (Phi) is 9.12. The molecule has 2 amide bonds. The number of likely N-dealkylation sites (tertiary alicyclic amines) is 1. The molecule has 0 radical (unpaired) electrons. The monoisotopic (exact) mass is 479 g/mol. The van der Waals surface area contributed by atoms with Crippen LogP contribution in [0.3, 0.4) is 0 Å².